The van der Waals surface area contributed by atoms with Gasteiger partial charge in [0.2, 0.25) is 0 Å². The Morgan fingerprint density at radius 2 is 1.95 bits per heavy atom. The van der Waals surface area contributed by atoms with E-state index >= 15 is 0 Å². The Kier molecular flexibility index (Phi) is 5.04. The molecule has 5 heteroatoms. The Morgan fingerprint density at radius 1 is 1.25 bits per heavy atom. The molecule has 1 atom stereocenters. The number of carbonyl (C=O) groups excluding carboxylic acids is 1. The largest absolute Gasteiger partial charge is 0.507 e. The molecule has 0 fully saturated rings. The summed E-state index contributed by atoms with van der Waals surface area (Å²) < 4.78 is 0. The van der Waals surface area contributed by atoms with E-state index in [0.29, 0.717) is 10.4 Å². The van der Waals surface area contributed by atoms with E-state index in [9.17, 15) is 9.90 Å². The predicted octanol–water partition coefficient (Wildman–Crippen LogP) is 3.91. The van der Waals surface area contributed by atoms with Crippen LogP contribution in [0, 0.1) is 0 Å². The molecule has 1 unspecified atom stereocenters. The lowest BCUT2D eigenvalue weighted by Crippen LogP contribution is -2.29. The highest BCUT2D eigenvalue weighted by molar-refractivity contribution is 9.09. The van der Waals surface area contributed by atoms with Crippen molar-refractivity contribution in [3.05, 3.63) is 64.7 Å². The first-order valence-corrected chi connectivity index (χ1v) is 7.52. The van der Waals surface area contributed by atoms with Crippen molar-refractivity contribution < 1.29 is 9.90 Å². The summed E-state index contributed by atoms with van der Waals surface area (Å²) in [4.78, 5) is 12.2. The number of hydrogen-bond acceptors (Lipinski definition) is 2. The van der Waals surface area contributed by atoms with Crippen LogP contribution in [0.3, 0.4) is 0 Å². The molecule has 1 amide bonds. The van der Waals surface area contributed by atoms with Crippen LogP contribution in [-0.2, 0) is 0 Å². The minimum Gasteiger partial charge on any atom is -0.507 e. The number of aromatic hydroxyl groups is 1. The van der Waals surface area contributed by atoms with Crippen molar-refractivity contribution in [1.29, 1.82) is 0 Å². The van der Waals surface area contributed by atoms with Crippen LogP contribution in [-0.4, -0.2) is 16.3 Å². The van der Waals surface area contributed by atoms with Crippen molar-refractivity contribution in [1.82, 2.24) is 5.32 Å². The smallest absolute Gasteiger partial charge is 0.255 e. The second-order valence-electron chi connectivity index (χ2n) is 4.25. The SMILES string of the molecule is O=C(NC(CBr)c1ccccc1)c1ccc(Cl)cc1O. The third kappa shape index (κ3) is 3.52. The molecule has 3 nitrogen and oxygen atoms in total. The fraction of sp³-hybridized carbons (Fsp3) is 0.133. The highest BCUT2D eigenvalue weighted by atomic mass is 79.9. The number of hydrogen-bond donors (Lipinski definition) is 2. The summed E-state index contributed by atoms with van der Waals surface area (Å²) in [5, 5.41) is 13.6. The van der Waals surface area contributed by atoms with Crippen LogP contribution in [0.5, 0.6) is 5.75 Å². The zero-order valence-corrected chi connectivity index (χ0v) is 12.9. The van der Waals surface area contributed by atoms with Gasteiger partial charge in [0, 0.05) is 10.4 Å². The molecule has 0 bridgehead atoms. The van der Waals surface area contributed by atoms with Gasteiger partial charge in [0.15, 0.2) is 0 Å². The molecule has 2 rings (SSSR count). The van der Waals surface area contributed by atoms with Crippen LogP contribution in [0.15, 0.2) is 48.5 Å². The first-order valence-electron chi connectivity index (χ1n) is 6.02. The summed E-state index contributed by atoms with van der Waals surface area (Å²) in [6.45, 7) is 0. The monoisotopic (exact) mass is 353 g/mol. The molecule has 0 aliphatic heterocycles. The van der Waals surface area contributed by atoms with Gasteiger partial charge in [-0.25, -0.2) is 0 Å². The standard InChI is InChI=1S/C15H13BrClNO2/c16-9-13(10-4-2-1-3-5-10)18-15(20)12-7-6-11(17)8-14(12)19/h1-8,13,19H,9H2,(H,18,20). The van der Waals surface area contributed by atoms with Crippen LogP contribution < -0.4 is 5.32 Å². The van der Waals surface area contributed by atoms with Gasteiger partial charge in [0.25, 0.3) is 5.91 Å². The van der Waals surface area contributed by atoms with E-state index in [1.807, 2.05) is 30.3 Å². The fourth-order valence-electron chi connectivity index (χ4n) is 1.83. The van der Waals surface area contributed by atoms with Crippen LogP contribution in [0.1, 0.15) is 22.0 Å². The van der Waals surface area contributed by atoms with Crippen LogP contribution in [0.25, 0.3) is 0 Å². The molecular weight excluding hydrogens is 342 g/mol. The molecule has 0 aromatic heterocycles. The molecule has 2 aromatic carbocycles. The van der Waals surface area contributed by atoms with Gasteiger partial charge in [-0.1, -0.05) is 57.9 Å². The summed E-state index contributed by atoms with van der Waals surface area (Å²) in [5.41, 5.74) is 1.20. The lowest BCUT2D eigenvalue weighted by molar-refractivity contribution is 0.0938. The van der Waals surface area contributed by atoms with Gasteiger partial charge >= 0.3 is 0 Å². The zero-order valence-electron chi connectivity index (χ0n) is 10.5. The van der Waals surface area contributed by atoms with Crippen LogP contribution in [0.2, 0.25) is 5.02 Å². The summed E-state index contributed by atoms with van der Waals surface area (Å²) in [6.07, 6.45) is 0. The first-order chi connectivity index (χ1) is 9.61. The average Bonchev–Trinajstić information content (AvgIpc) is 2.45. The molecule has 0 spiro atoms. The van der Waals surface area contributed by atoms with Gasteiger partial charge < -0.3 is 10.4 Å². The number of benzene rings is 2. The van der Waals surface area contributed by atoms with E-state index in [4.69, 9.17) is 11.6 Å². The third-order valence-electron chi connectivity index (χ3n) is 2.87. The predicted molar refractivity (Wildman–Crippen MR) is 83.6 cm³/mol. The number of carbonyl (C=O) groups is 1. The minimum absolute atomic E-state index is 0.128. The summed E-state index contributed by atoms with van der Waals surface area (Å²) in [5.74, 6) is -0.469. The van der Waals surface area contributed by atoms with Crippen LogP contribution in [0.4, 0.5) is 0 Å². The molecule has 2 aromatic rings. The van der Waals surface area contributed by atoms with Crippen LogP contribution >= 0.6 is 27.5 Å². The molecule has 104 valence electrons. The Hall–Kier alpha value is -1.52. The van der Waals surface area contributed by atoms with Crippen molar-refractivity contribution in [2.24, 2.45) is 0 Å². The Morgan fingerprint density at radius 3 is 2.55 bits per heavy atom. The number of amides is 1. The maximum atomic E-state index is 12.2. The summed E-state index contributed by atoms with van der Waals surface area (Å²) >= 11 is 9.14. The maximum absolute atomic E-state index is 12.2. The minimum atomic E-state index is -0.340. The lowest BCUT2D eigenvalue weighted by atomic mass is 10.1. The molecule has 0 heterocycles. The quantitative estimate of drug-likeness (QED) is 0.818. The average molecular weight is 355 g/mol. The van der Waals surface area contributed by atoms with Gasteiger partial charge in [-0.15, -0.1) is 0 Å². The van der Waals surface area contributed by atoms with Crippen molar-refractivity contribution in [3.8, 4) is 5.75 Å². The highest BCUT2D eigenvalue weighted by Crippen LogP contribution is 2.23. The van der Waals surface area contributed by atoms with E-state index in [1.165, 1.54) is 12.1 Å². The van der Waals surface area contributed by atoms with Gasteiger partial charge in [0.05, 0.1) is 11.6 Å². The molecule has 0 aliphatic carbocycles. The normalized spacial score (nSPS) is 11.9. The van der Waals surface area contributed by atoms with E-state index in [0.717, 1.165) is 5.56 Å². The van der Waals surface area contributed by atoms with Crippen molar-refractivity contribution in [2.45, 2.75) is 6.04 Å². The van der Waals surface area contributed by atoms with Crippen molar-refractivity contribution in [2.75, 3.05) is 5.33 Å². The number of rotatable bonds is 4. The van der Waals surface area contributed by atoms with Gasteiger partial charge in [-0.05, 0) is 23.8 Å². The van der Waals surface area contributed by atoms with E-state index in [2.05, 4.69) is 21.2 Å². The fourth-order valence-corrected chi connectivity index (χ4v) is 2.53. The first kappa shape index (κ1) is 14.9. The number of phenolic OH excluding ortho intramolecular Hbond substituents is 1. The van der Waals surface area contributed by atoms with E-state index in [-0.39, 0.29) is 23.3 Å². The second-order valence-corrected chi connectivity index (χ2v) is 5.34. The van der Waals surface area contributed by atoms with Gasteiger partial charge in [0.1, 0.15) is 5.75 Å². The molecule has 0 radical (unpaired) electrons. The Bertz CT molecular complexity index is 604. The highest BCUT2D eigenvalue weighted by Gasteiger charge is 2.17. The molecule has 2 N–H and O–H groups in total. The number of halogens is 2. The number of nitrogens with one attached hydrogen (secondary N) is 1. The van der Waals surface area contributed by atoms with Crippen molar-refractivity contribution in [3.63, 3.8) is 0 Å². The van der Waals surface area contributed by atoms with E-state index in [1.54, 1.807) is 6.07 Å². The molecular formula is C15H13BrClNO2. The third-order valence-corrected chi connectivity index (χ3v) is 3.75. The maximum Gasteiger partial charge on any atom is 0.255 e. The second kappa shape index (κ2) is 6.77. The van der Waals surface area contributed by atoms with Gasteiger partial charge in [-0.3, -0.25) is 4.79 Å². The molecule has 20 heavy (non-hydrogen) atoms. The van der Waals surface area contributed by atoms with Gasteiger partial charge in [-0.2, -0.15) is 0 Å². The molecule has 0 aliphatic rings. The number of alkyl halides is 1. The topological polar surface area (TPSA) is 49.3 Å². The summed E-state index contributed by atoms with van der Waals surface area (Å²) in [7, 11) is 0. The zero-order chi connectivity index (χ0) is 14.5. The number of phenols is 1. The molecule has 0 saturated heterocycles. The Balaban J connectivity index is 2.17. The Labute approximate surface area is 130 Å². The lowest BCUT2D eigenvalue weighted by Gasteiger charge is -2.17. The van der Waals surface area contributed by atoms with Crippen molar-refractivity contribution >= 4 is 33.4 Å². The molecule has 0 saturated carbocycles. The van der Waals surface area contributed by atoms with E-state index < -0.39 is 0 Å². The summed E-state index contributed by atoms with van der Waals surface area (Å²) in [6, 6.07) is 13.9.